The van der Waals surface area contributed by atoms with E-state index in [1.165, 1.54) is 17.3 Å². The van der Waals surface area contributed by atoms with Crippen molar-refractivity contribution in [2.75, 3.05) is 17.8 Å². The van der Waals surface area contributed by atoms with Gasteiger partial charge >= 0.3 is 0 Å². The largest absolute Gasteiger partial charge is 0.489 e. The molecule has 2 atom stereocenters. The lowest BCUT2D eigenvalue weighted by atomic mass is 10.0. The number of fused-ring (bicyclic) bond motifs is 1. The molecule has 0 amide bonds. The van der Waals surface area contributed by atoms with E-state index in [4.69, 9.17) is 4.74 Å². The molecule has 0 radical (unpaired) electrons. The van der Waals surface area contributed by atoms with Gasteiger partial charge in [-0.25, -0.2) is 13.1 Å². The number of aliphatic hydroxyl groups is 1. The molecule has 4 aromatic rings. The molecule has 0 saturated heterocycles. The van der Waals surface area contributed by atoms with Crippen LogP contribution in [0.3, 0.4) is 0 Å². The summed E-state index contributed by atoms with van der Waals surface area (Å²) in [5.41, 5.74) is 3.45. The summed E-state index contributed by atoms with van der Waals surface area (Å²) < 4.78 is 36.5. The van der Waals surface area contributed by atoms with Crippen LogP contribution in [0.4, 0.5) is 5.69 Å². The number of aryl methyl sites for hydroxylation is 3. The van der Waals surface area contributed by atoms with Crippen molar-refractivity contribution in [2.24, 2.45) is 7.05 Å². The van der Waals surface area contributed by atoms with Crippen molar-refractivity contribution in [1.82, 2.24) is 25.5 Å². The maximum Gasteiger partial charge on any atom is 0.261 e. The van der Waals surface area contributed by atoms with Gasteiger partial charge in [0.05, 0.1) is 11.0 Å². The van der Waals surface area contributed by atoms with E-state index in [2.05, 4.69) is 32.5 Å². The fourth-order valence-corrected chi connectivity index (χ4v) is 6.26. The van der Waals surface area contributed by atoms with E-state index in [-0.39, 0.29) is 11.0 Å². The molecule has 0 bridgehead atoms. The lowest BCUT2D eigenvalue weighted by Crippen LogP contribution is -2.36. The Morgan fingerprint density at radius 1 is 1.12 bits per heavy atom. The summed E-state index contributed by atoms with van der Waals surface area (Å²) in [7, 11) is -2.02. The summed E-state index contributed by atoms with van der Waals surface area (Å²) in [6.45, 7) is 3.12. The van der Waals surface area contributed by atoms with Crippen molar-refractivity contribution in [3.63, 3.8) is 0 Å². The molecule has 0 saturated carbocycles. The number of nitrogens with one attached hydrogen (secondary N) is 2. The number of benzene rings is 3. The smallest absolute Gasteiger partial charge is 0.261 e. The van der Waals surface area contributed by atoms with Crippen molar-refractivity contribution in [2.45, 2.75) is 53.3 Å². The molecule has 1 aromatic heterocycles. The van der Waals surface area contributed by atoms with Crippen LogP contribution in [0.2, 0.25) is 0 Å². The van der Waals surface area contributed by atoms with Gasteiger partial charge in [0.2, 0.25) is 5.16 Å². The predicted octanol–water partition coefficient (Wildman–Crippen LogP) is 3.74. The topological polar surface area (TPSA) is 131 Å². The van der Waals surface area contributed by atoms with E-state index in [0.717, 1.165) is 28.9 Å². The Balaban J connectivity index is 1.14. The molecule has 3 N–H and O–H groups in total. The fraction of sp³-hybridized carbons (Fsp3) is 0.321. The molecule has 1 aliphatic heterocycles. The zero-order valence-corrected chi connectivity index (χ0v) is 24.0. The minimum atomic E-state index is -3.77. The van der Waals surface area contributed by atoms with Gasteiger partial charge in [0.15, 0.2) is 0 Å². The molecule has 210 valence electrons. The van der Waals surface area contributed by atoms with E-state index >= 15 is 0 Å². The van der Waals surface area contributed by atoms with Crippen molar-refractivity contribution < 1.29 is 18.3 Å². The number of hydrogen-bond acceptors (Lipinski definition) is 9. The Bertz CT molecular complexity index is 1540. The van der Waals surface area contributed by atoms with E-state index in [1.54, 1.807) is 42.1 Å². The Kier molecular flexibility index (Phi) is 8.69. The number of hydrogen-bond donors (Lipinski definition) is 3. The highest BCUT2D eigenvalue weighted by atomic mass is 32.2. The number of aliphatic hydroxyl groups excluding tert-OH is 1. The maximum atomic E-state index is 13.1. The van der Waals surface area contributed by atoms with E-state index < -0.39 is 16.1 Å². The average molecular weight is 581 g/mol. The number of ether oxygens (including phenoxy) is 1. The van der Waals surface area contributed by atoms with Crippen LogP contribution in [0.25, 0.3) is 0 Å². The van der Waals surface area contributed by atoms with Gasteiger partial charge in [0.1, 0.15) is 11.9 Å². The average Bonchev–Trinajstić information content (AvgIpc) is 3.37. The molecule has 10 nitrogen and oxygen atoms in total. The van der Waals surface area contributed by atoms with Gasteiger partial charge in [-0.1, -0.05) is 31.2 Å². The Morgan fingerprint density at radius 2 is 1.90 bits per heavy atom. The Morgan fingerprint density at radius 3 is 2.60 bits per heavy atom. The standard InChI is InChI=1S/C28H32N6O4S2/c1-3-19-4-6-20(7-5-19)26(35)18-29-17-23-11-8-21-16-25(14-15-27(21)38-23)40(36,37)31-22-9-12-24(13-10-22)39-28-30-32-33-34(28)2/h4-7,9-10,12-16,23,26,29,31,35H,3,8,11,17-18H2,1-2H3. The molecule has 5 rings (SSSR count). The molecule has 3 aromatic carbocycles. The first-order valence-corrected chi connectivity index (χ1v) is 15.4. The highest BCUT2D eigenvalue weighted by Crippen LogP contribution is 2.31. The van der Waals surface area contributed by atoms with E-state index in [9.17, 15) is 13.5 Å². The number of rotatable bonds is 11. The highest BCUT2D eigenvalue weighted by molar-refractivity contribution is 7.99. The first-order chi connectivity index (χ1) is 19.3. The van der Waals surface area contributed by atoms with Gasteiger partial charge in [-0.15, -0.1) is 5.10 Å². The molecule has 1 aliphatic rings. The summed E-state index contributed by atoms with van der Waals surface area (Å²) in [6, 6.07) is 20.0. The molecule has 2 heterocycles. The van der Waals surface area contributed by atoms with E-state index in [1.807, 2.05) is 36.4 Å². The lowest BCUT2D eigenvalue weighted by molar-refractivity contribution is 0.146. The first kappa shape index (κ1) is 28.1. The van der Waals surface area contributed by atoms with Gasteiger partial charge in [-0.2, -0.15) is 0 Å². The highest BCUT2D eigenvalue weighted by Gasteiger charge is 2.23. The summed E-state index contributed by atoms with van der Waals surface area (Å²) in [4.78, 5) is 1.07. The van der Waals surface area contributed by atoms with Crippen LogP contribution < -0.4 is 14.8 Å². The molecule has 2 unspecified atom stereocenters. The first-order valence-electron chi connectivity index (χ1n) is 13.1. The van der Waals surface area contributed by atoms with Gasteiger partial charge in [-0.05, 0) is 101 Å². The Labute approximate surface area is 238 Å². The summed E-state index contributed by atoms with van der Waals surface area (Å²) in [5, 5.41) is 25.8. The molecule has 12 heteroatoms. The quantitative estimate of drug-likeness (QED) is 0.243. The summed E-state index contributed by atoms with van der Waals surface area (Å²) >= 11 is 1.38. The number of nitrogens with zero attached hydrogens (tertiary/aromatic N) is 4. The van der Waals surface area contributed by atoms with Gasteiger partial charge in [-0.3, -0.25) is 4.72 Å². The monoisotopic (exact) mass is 580 g/mol. The minimum absolute atomic E-state index is 0.0588. The molecule has 0 fully saturated rings. The van der Waals surface area contributed by atoms with Gasteiger partial charge < -0.3 is 15.2 Å². The SMILES string of the molecule is CCc1ccc(C(O)CNCC2CCc3cc(S(=O)(=O)Nc4ccc(Sc5nnnn5C)cc4)ccc3O2)cc1. The number of tetrazole rings is 1. The van der Waals surface area contributed by atoms with Gasteiger partial charge in [0.25, 0.3) is 10.0 Å². The number of anilines is 1. The third kappa shape index (κ3) is 6.81. The van der Waals surface area contributed by atoms with Crippen LogP contribution >= 0.6 is 11.8 Å². The normalized spacial score (nSPS) is 15.7. The third-order valence-electron chi connectivity index (χ3n) is 6.75. The van der Waals surface area contributed by atoms with Crippen molar-refractivity contribution in [3.8, 4) is 5.75 Å². The van der Waals surface area contributed by atoms with Crippen LogP contribution in [0.15, 0.2) is 81.7 Å². The second-order valence-corrected chi connectivity index (χ2v) is 12.4. The second-order valence-electron chi connectivity index (χ2n) is 9.63. The fourth-order valence-electron chi connectivity index (χ4n) is 4.42. The maximum absolute atomic E-state index is 13.1. The minimum Gasteiger partial charge on any atom is -0.489 e. The van der Waals surface area contributed by atoms with Crippen LogP contribution in [-0.4, -0.2) is 52.9 Å². The summed E-state index contributed by atoms with van der Waals surface area (Å²) in [6.07, 6.45) is 1.77. The predicted molar refractivity (Wildman–Crippen MR) is 153 cm³/mol. The second kappa shape index (κ2) is 12.4. The van der Waals surface area contributed by atoms with Crippen LogP contribution in [0, 0.1) is 0 Å². The zero-order valence-electron chi connectivity index (χ0n) is 22.3. The van der Waals surface area contributed by atoms with Crippen LogP contribution in [0.1, 0.15) is 36.1 Å². The third-order valence-corrected chi connectivity index (χ3v) is 9.17. The van der Waals surface area contributed by atoms with Crippen molar-refractivity contribution in [1.29, 1.82) is 0 Å². The Hall–Kier alpha value is -3.45. The zero-order chi connectivity index (χ0) is 28.1. The van der Waals surface area contributed by atoms with Crippen molar-refractivity contribution in [3.05, 3.63) is 83.4 Å². The van der Waals surface area contributed by atoms with Crippen molar-refractivity contribution >= 4 is 27.5 Å². The molecule has 40 heavy (non-hydrogen) atoms. The molecular weight excluding hydrogens is 548 g/mol. The van der Waals surface area contributed by atoms with Crippen LogP contribution in [-0.2, 0) is 29.9 Å². The molecule has 0 aliphatic carbocycles. The summed E-state index contributed by atoms with van der Waals surface area (Å²) in [5.74, 6) is 0.687. The number of sulfonamides is 1. The van der Waals surface area contributed by atoms with Crippen LogP contribution in [0.5, 0.6) is 5.75 Å². The molecular formula is C28H32N6O4S2. The van der Waals surface area contributed by atoms with Gasteiger partial charge in [0, 0.05) is 30.7 Å². The number of aromatic nitrogens is 4. The molecule has 0 spiro atoms. The lowest BCUT2D eigenvalue weighted by Gasteiger charge is -2.27. The van der Waals surface area contributed by atoms with E-state index in [0.29, 0.717) is 36.1 Å².